The predicted molar refractivity (Wildman–Crippen MR) is 306 cm³/mol. The monoisotopic (exact) mass is 1180 g/mol. The molecule has 0 unspecified atom stereocenters. The van der Waals surface area contributed by atoms with Crippen molar-refractivity contribution in [3.8, 4) is 69.0 Å². The van der Waals surface area contributed by atoms with Crippen LogP contribution >= 0.6 is 6.49 Å². The van der Waals surface area contributed by atoms with Crippen molar-refractivity contribution in [2.45, 2.75) is 57.8 Å². The number of hydrogen-bond acceptors (Lipinski definition) is 16. The van der Waals surface area contributed by atoms with Crippen LogP contribution in [0.5, 0.6) is 69.0 Å². The molecule has 0 aromatic heterocycles. The van der Waals surface area contributed by atoms with Gasteiger partial charge in [0.05, 0.1) is 79.6 Å². The maximum absolute atomic E-state index is 13.8. The van der Waals surface area contributed by atoms with Gasteiger partial charge in [0.2, 0.25) is 0 Å². The van der Waals surface area contributed by atoms with Crippen LogP contribution in [0.25, 0.3) is 0 Å². The fourth-order valence-corrected chi connectivity index (χ4v) is 11.6. The summed E-state index contributed by atoms with van der Waals surface area (Å²) in [6.45, 7) is -1.50. The van der Waals surface area contributed by atoms with Crippen LogP contribution in [0.2, 0.25) is 0 Å². The van der Waals surface area contributed by atoms with E-state index in [9.17, 15) is 15.3 Å². The van der Waals surface area contributed by atoms with E-state index in [0.717, 1.165) is 33.4 Å². The summed E-state index contributed by atoms with van der Waals surface area (Å²) in [6, 6.07) is 27.3. The molecule has 1 aliphatic carbocycles. The van der Waals surface area contributed by atoms with Crippen LogP contribution in [0.3, 0.4) is 0 Å². The number of rotatable bonds is 3. The third-order valence-corrected chi connectivity index (χ3v) is 18.7. The van der Waals surface area contributed by atoms with Gasteiger partial charge in [-0.2, -0.15) is 15.3 Å². The molecule has 0 amide bonds. The van der Waals surface area contributed by atoms with Gasteiger partial charge in [-0.05, 0) is 174 Å². The maximum Gasteiger partial charge on any atom is 3.00 e. The first-order valence-electron chi connectivity index (χ1n) is 26.6. The predicted octanol–water partition coefficient (Wildman–Crippen LogP) is 8.78. The van der Waals surface area contributed by atoms with Crippen LogP contribution in [-0.4, -0.2) is 115 Å². The molecule has 21 heteroatoms. The molecule has 1 radical (unpaired) electrons. The van der Waals surface area contributed by atoms with Crippen LogP contribution in [0.1, 0.15) is 88.6 Å². The Morgan fingerprint density at radius 3 is 0.914 bits per heavy atom. The molecule has 6 heterocycles. The second-order valence-corrected chi connectivity index (χ2v) is 23.5. The van der Waals surface area contributed by atoms with Crippen molar-refractivity contribution in [3.63, 3.8) is 0 Å². The first-order chi connectivity index (χ1) is 38.9. The Morgan fingerprint density at radius 1 is 0.407 bits per heavy atom. The molecular formula is C60H66FeN6O12PS. The summed E-state index contributed by atoms with van der Waals surface area (Å²) in [5.74, 6) is 3.02. The van der Waals surface area contributed by atoms with Crippen molar-refractivity contribution in [1.82, 2.24) is 14.3 Å². The Balaban J connectivity index is 0.00000860. The number of fused-ring (bicyclic) bond motifs is 3. The number of hydrazone groups is 3. The van der Waals surface area contributed by atoms with Crippen LogP contribution in [0.15, 0.2) is 106 Å². The number of benzene rings is 6. The van der Waals surface area contributed by atoms with Gasteiger partial charge >= 0.3 is 17.1 Å². The van der Waals surface area contributed by atoms with Crippen molar-refractivity contribution in [3.05, 3.63) is 141 Å². The van der Waals surface area contributed by atoms with Gasteiger partial charge in [0.15, 0.2) is 34.5 Å². The molecule has 6 aromatic carbocycles. The summed E-state index contributed by atoms with van der Waals surface area (Å²) in [4.78, 5) is 0. The third-order valence-electron chi connectivity index (χ3n) is 14.0. The van der Waals surface area contributed by atoms with E-state index in [1.54, 1.807) is 97.1 Å². The first-order valence-corrected chi connectivity index (χ1v) is 29.2. The molecule has 7 aliphatic rings. The summed E-state index contributed by atoms with van der Waals surface area (Å²) in [6.07, 6.45) is 9.57. The fourth-order valence-electron chi connectivity index (χ4n) is 9.50. The van der Waals surface area contributed by atoms with Crippen molar-refractivity contribution < 1.29 is 75.0 Å². The van der Waals surface area contributed by atoms with E-state index in [1.807, 2.05) is 0 Å². The van der Waals surface area contributed by atoms with E-state index in [0.29, 0.717) is 112 Å². The Bertz CT molecular complexity index is 2970. The van der Waals surface area contributed by atoms with Gasteiger partial charge in [0.25, 0.3) is 6.49 Å². The van der Waals surface area contributed by atoms with Gasteiger partial charge in [0.1, 0.15) is 17.2 Å². The van der Waals surface area contributed by atoms with Gasteiger partial charge in [-0.25, -0.2) is 14.3 Å². The minimum atomic E-state index is -3.37. The van der Waals surface area contributed by atoms with Crippen molar-refractivity contribution >= 4 is 36.9 Å². The van der Waals surface area contributed by atoms with Gasteiger partial charge in [-0.3, -0.25) is 0 Å². The SMILES string of the molecule is COc1cc2c3cc1OCCCCOc1cccc(c1[O-])/C=N/N(C)P1(=S)N(C)/N=C/c4cccc(c4[O-])OCCCCOc4cc(c(cc4OC)C3)Cc3cc(OC)c(cc3C2)OCCCCOc2cccc(c2[O-])/C=N/N1C.[Fe+3]. The Labute approximate surface area is 489 Å². The minimum Gasteiger partial charge on any atom is -0.870 e. The maximum atomic E-state index is 13.8. The largest absolute Gasteiger partial charge is 3.00 e. The van der Waals surface area contributed by atoms with Gasteiger partial charge < -0.3 is 58.0 Å². The smallest absolute Gasteiger partial charge is 0.870 e. The summed E-state index contributed by atoms with van der Waals surface area (Å²) in [5, 5.41) is 55.6. The summed E-state index contributed by atoms with van der Waals surface area (Å²) >= 11 is 6.42. The number of para-hydroxylation sites is 3. The van der Waals surface area contributed by atoms with Crippen LogP contribution in [0.4, 0.5) is 0 Å². The number of ether oxygens (including phenoxy) is 9. The van der Waals surface area contributed by atoms with E-state index in [2.05, 4.69) is 51.7 Å². The Hall–Kier alpha value is -7.50. The van der Waals surface area contributed by atoms with Crippen molar-refractivity contribution in [2.24, 2.45) is 15.3 Å². The topological polar surface area (TPSA) is 199 Å². The molecule has 13 rings (SSSR count). The first kappa shape index (κ1) is 59.6. The van der Waals surface area contributed by atoms with Crippen LogP contribution < -0.4 is 58.0 Å². The number of methoxy groups -OCH3 is 3. The van der Waals surface area contributed by atoms with E-state index in [4.69, 9.17) is 54.4 Å². The molecule has 0 atom stereocenters. The van der Waals surface area contributed by atoms with Crippen molar-refractivity contribution in [2.75, 3.05) is 82.1 Å². The molecule has 427 valence electrons. The van der Waals surface area contributed by atoms with E-state index in [1.165, 1.54) is 33.0 Å². The number of nitrogens with zero attached hydrogens (tertiary/aromatic N) is 6. The molecule has 6 aliphatic heterocycles. The Kier molecular flexibility index (Phi) is 20.4. The van der Waals surface area contributed by atoms with E-state index >= 15 is 0 Å². The second-order valence-electron chi connectivity index (χ2n) is 19.3. The molecular weight excluding hydrogens is 1120 g/mol. The zero-order valence-corrected chi connectivity index (χ0v) is 49.1. The zero-order chi connectivity index (χ0) is 56.2. The second kappa shape index (κ2) is 27.8. The molecule has 0 saturated heterocycles. The average Bonchev–Trinajstić information content (AvgIpc) is 3.53. The number of hydrogen-bond donors (Lipinski definition) is 0. The third kappa shape index (κ3) is 14.0. The molecule has 18 nitrogen and oxygen atoms in total. The Morgan fingerprint density at radius 2 is 0.654 bits per heavy atom. The minimum absolute atomic E-state index is 0. The van der Waals surface area contributed by atoms with E-state index in [-0.39, 0.29) is 88.1 Å². The van der Waals surface area contributed by atoms with Crippen molar-refractivity contribution in [1.29, 1.82) is 0 Å². The fraction of sp³-hybridized carbons (Fsp3) is 0.350. The molecule has 0 N–H and O–H groups in total. The summed E-state index contributed by atoms with van der Waals surface area (Å²) in [5.41, 5.74) is 7.06. The molecule has 81 heavy (non-hydrogen) atoms. The molecule has 0 saturated carbocycles. The summed E-state index contributed by atoms with van der Waals surface area (Å²) in [7, 11) is 9.86. The standard InChI is InChI=1S/C60H69N6O12PS.Fe/c1-64-61-37-40-16-13-19-49(58(40)67)73-22-7-10-25-76-55-34-46-28-44-32-53(71-5)57-36-48(44)30-45-33-54(72-6)56(35-47(45)29-43(46)31-52(55)70-4)77-26-11-8-23-74-50-20-14-17-41(59(50)68)38-62-65(2)79(64,80)66(3)63-39-42-18-15-21-51(60(42)69)75-24-9-12-27-78-57;/h13-21,31-39,67-69H,7-12,22-30H2,1-6H3;/q;+3/p-3/b61-37+,62-38+,63-39+;. The van der Waals surface area contributed by atoms with Gasteiger partial charge in [-0.1, -0.05) is 53.6 Å². The zero-order valence-electron chi connectivity index (χ0n) is 46.3. The molecule has 0 spiro atoms. The van der Waals surface area contributed by atoms with Gasteiger partial charge in [0, 0.05) is 21.1 Å². The summed E-state index contributed by atoms with van der Waals surface area (Å²) < 4.78 is 60.1. The van der Waals surface area contributed by atoms with E-state index < -0.39 is 6.49 Å². The van der Waals surface area contributed by atoms with Crippen LogP contribution in [-0.2, 0) is 48.1 Å². The quantitative estimate of drug-likeness (QED) is 0.120. The van der Waals surface area contributed by atoms with Crippen LogP contribution in [0, 0.1) is 0 Å². The normalized spacial score (nSPS) is 17.3. The molecule has 6 aromatic rings. The molecule has 0 fully saturated rings. The van der Waals surface area contributed by atoms with Gasteiger partial charge in [-0.15, -0.1) is 0 Å². The average molecular weight is 1180 g/mol. The molecule has 16 bridgehead atoms.